The van der Waals surface area contributed by atoms with Crippen LogP contribution in [0, 0.1) is 0 Å². The van der Waals surface area contributed by atoms with Crippen molar-refractivity contribution in [3.8, 4) is 0 Å². The average molecular weight is 528 g/mol. The Balaban J connectivity index is 1.49. The summed E-state index contributed by atoms with van der Waals surface area (Å²) in [6.07, 6.45) is 0.210. The van der Waals surface area contributed by atoms with E-state index in [4.69, 9.17) is 5.11 Å². The number of fused-ring (bicyclic) bond motifs is 1. The van der Waals surface area contributed by atoms with E-state index in [2.05, 4.69) is 17.9 Å². The van der Waals surface area contributed by atoms with Crippen LogP contribution < -0.4 is 5.32 Å². The molecule has 9 nitrogen and oxygen atoms in total. The zero-order chi connectivity index (χ0) is 26.0. The molecule has 0 saturated carbocycles. The molecule has 3 aromatic rings. The smallest absolute Gasteiger partial charge is 0.335 e. The lowest BCUT2D eigenvalue weighted by Gasteiger charge is -2.27. The van der Waals surface area contributed by atoms with Crippen LogP contribution in [0.4, 0.5) is 5.69 Å². The Kier molecular flexibility index (Phi) is 7.34. The topological polar surface area (TPSA) is 124 Å². The van der Waals surface area contributed by atoms with Gasteiger partial charge in [0, 0.05) is 24.5 Å². The molecule has 4 rings (SSSR count). The predicted octanol–water partition coefficient (Wildman–Crippen LogP) is 2.70. The van der Waals surface area contributed by atoms with E-state index in [0.717, 1.165) is 20.0 Å². The summed E-state index contributed by atoms with van der Waals surface area (Å²) in [6.45, 7) is -0.273. The molecular weight excluding hydrogens is 502 g/mol. The molecule has 36 heavy (non-hydrogen) atoms. The van der Waals surface area contributed by atoms with Gasteiger partial charge in [0.15, 0.2) is 0 Å². The molecule has 0 bridgehead atoms. The number of anilines is 1. The van der Waals surface area contributed by atoms with Crippen LogP contribution in [0.2, 0.25) is 0 Å². The van der Waals surface area contributed by atoms with E-state index >= 15 is 0 Å². The first-order chi connectivity index (χ1) is 17.1. The van der Waals surface area contributed by atoms with Crippen molar-refractivity contribution in [2.24, 2.45) is 0 Å². The molecular formula is C25H25N3O6S2. The van der Waals surface area contributed by atoms with E-state index in [1.807, 2.05) is 24.3 Å². The maximum Gasteiger partial charge on any atom is 0.335 e. The minimum atomic E-state index is -4.00. The van der Waals surface area contributed by atoms with Crippen molar-refractivity contribution in [2.45, 2.75) is 22.6 Å². The number of carboxylic acid groups (broad SMARTS) is 1. The summed E-state index contributed by atoms with van der Waals surface area (Å²) in [4.78, 5) is 38.1. The zero-order valence-electron chi connectivity index (χ0n) is 19.4. The second-order valence-electron chi connectivity index (χ2n) is 8.62. The number of nitrogens with zero attached hydrogens (tertiary/aromatic N) is 2. The van der Waals surface area contributed by atoms with Crippen LogP contribution in [0.3, 0.4) is 0 Å². The fourth-order valence-corrected chi connectivity index (χ4v) is 6.38. The van der Waals surface area contributed by atoms with Gasteiger partial charge in [-0.3, -0.25) is 9.59 Å². The molecule has 0 unspecified atom stereocenters. The van der Waals surface area contributed by atoms with Crippen molar-refractivity contribution < 1.29 is 27.9 Å². The van der Waals surface area contributed by atoms with E-state index in [1.54, 1.807) is 12.1 Å². The number of thiol groups is 1. The second kappa shape index (κ2) is 10.3. The lowest BCUT2D eigenvalue weighted by Crippen LogP contribution is -2.48. The number of sulfonamides is 1. The van der Waals surface area contributed by atoms with Gasteiger partial charge < -0.3 is 15.3 Å². The minimum Gasteiger partial charge on any atom is -0.478 e. The number of carboxylic acids is 1. The second-order valence-corrected chi connectivity index (χ2v) is 11.2. The zero-order valence-corrected chi connectivity index (χ0v) is 21.1. The van der Waals surface area contributed by atoms with Crippen molar-refractivity contribution in [1.82, 2.24) is 9.21 Å². The number of carbonyl (C=O) groups is 3. The van der Waals surface area contributed by atoms with Gasteiger partial charge in [-0.2, -0.15) is 16.9 Å². The van der Waals surface area contributed by atoms with Crippen LogP contribution in [0.25, 0.3) is 10.8 Å². The van der Waals surface area contributed by atoms with Crippen molar-refractivity contribution in [1.29, 1.82) is 0 Å². The summed E-state index contributed by atoms with van der Waals surface area (Å²) in [6, 6.07) is 17.0. The normalized spacial score (nSPS) is 18.2. The fraction of sp³-hybridized carbons (Fsp3) is 0.240. The number of nitrogens with one attached hydrogen (secondary N) is 1. The maximum absolute atomic E-state index is 13.5. The van der Waals surface area contributed by atoms with E-state index in [1.165, 1.54) is 37.4 Å². The molecule has 1 aliphatic rings. The van der Waals surface area contributed by atoms with Crippen LogP contribution in [0.5, 0.6) is 0 Å². The first-order valence-electron chi connectivity index (χ1n) is 11.1. The molecule has 2 N–H and O–H groups in total. The number of hydrogen-bond acceptors (Lipinski definition) is 6. The molecule has 1 fully saturated rings. The van der Waals surface area contributed by atoms with E-state index in [0.29, 0.717) is 0 Å². The van der Waals surface area contributed by atoms with Crippen LogP contribution in [0.1, 0.15) is 16.8 Å². The summed E-state index contributed by atoms with van der Waals surface area (Å²) >= 11 is 4.44. The van der Waals surface area contributed by atoms with Crippen molar-refractivity contribution >= 4 is 56.9 Å². The number of likely N-dealkylation sites (N-methyl/N-ethyl adjacent to an activating group) is 1. The lowest BCUT2D eigenvalue weighted by atomic mass is 10.1. The molecule has 11 heteroatoms. The monoisotopic (exact) mass is 527 g/mol. The molecule has 1 aliphatic heterocycles. The molecule has 1 heterocycles. The molecule has 188 valence electrons. The summed E-state index contributed by atoms with van der Waals surface area (Å²) in [5, 5.41) is 13.0. The number of aromatic carboxylic acids is 1. The Labute approximate surface area is 214 Å². The first-order valence-corrected chi connectivity index (χ1v) is 13.1. The van der Waals surface area contributed by atoms with Crippen molar-refractivity contribution in [2.75, 3.05) is 25.5 Å². The summed E-state index contributed by atoms with van der Waals surface area (Å²) in [5.41, 5.74) is 0.287. The van der Waals surface area contributed by atoms with Gasteiger partial charge in [-0.25, -0.2) is 13.2 Å². The quantitative estimate of drug-likeness (QED) is 0.406. The predicted molar refractivity (Wildman–Crippen MR) is 139 cm³/mol. The third-order valence-corrected chi connectivity index (χ3v) is 8.24. The molecule has 3 aromatic carbocycles. The van der Waals surface area contributed by atoms with E-state index < -0.39 is 33.8 Å². The highest BCUT2D eigenvalue weighted by molar-refractivity contribution is 7.89. The Morgan fingerprint density at radius 1 is 1.06 bits per heavy atom. The Hall–Kier alpha value is -3.41. The third kappa shape index (κ3) is 5.38. The number of rotatable bonds is 7. The number of hydrogen-bond donors (Lipinski definition) is 3. The highest BCUT2D eigenvalue weighted by atomic mass is 32.2. The summed E-state index contributed by atoms with van der Waals surface area (Å²) < 4.78 is 28.2. The Morgan fingerprint density at radius 2 is 1.78 bits per heavy atom. The van der Waals surface area contributed by atoms with Gasteiger partial charge in [-0.1, -0.05) is 36.4 Å². The Morgan fingerprint density at radius 3 is 2.50 bits per heavy atom. The molecule has 0 radical (unpaired) electrons. The van der Waals surface area contributed by atoms with Gasteiger partial charge in [0.05, 0.1) is 17.0 Å². The van der Waals surface area contributed by atoms with Gasteiger partial charge in [-0.05, 0) is 47.5 Å². The fourth-order valence-electron chi connectivity index (χ4n) is 4.22. The average Bonchev–Trinajstić information content (AvgIpc) is 3.25. The molecule has 0 aliphatic carbocycles. The standard InChI is InChI=1S/C25H25N3O6S2/c1-27(15-23(29)26-19-8-4-7-18(11-19)25(31)32)24(30)22-13-20(35)14-28(22)36(33,34)21-10-9-16-5-2-3-6-17(16)12-21/h2-12,20,22,35H,13-15H2,1H3,(H,26,29)(H,31,32)/t20-,22+/m1/s1. The van der Waals surface area contributed by atoms with Gasteiger partial charge in [0.1, 0.15) is 6.04 Å². The molecule has 2 atom stereocenters. The third-order valence-electron chi connectivity index (χ3n) is 6.00. The van der Waals surface area contributed by atoms with Gasteiger partial charge in [-0.15, -0.1) is 0 Å². The van der Waals surface area contributed by atoms with Gasteiger partial charge >= 0.3 is 5.97 Å². The highest BCUT2D eigenvalue weighted by Crippen LogP contribution is 2.31. The van der Waals surface area contributed by atoms with Crippen molar-refractivity contribution in [3.63, 3.8) is 0 Å². The van der Waals surface area contributed by atoms with Crippen LogP contribution in [-0.2, 0) is 19.6 Å². The maximum atomic E-state index is 13.5. The first kappa shape index (κ1) is 25.7. The molecule has 2 amide bonds. The van der Waals surface area contributed by atoms with Gasteiger partial charge in [0.2, 0.25) is 21.8 Å². The van der Waals surface area contributed by atoms with Crippen molar-refractivity contribution in [3.05, 3.63) is 72.3 Å². The largest absolute Gasteiger partial charge is 0.478 e. The summed E-state index contributed by atoms with van der Waals surface area (Å²) in [5.74, 6) is -2.20. The Bertz CT molecular complexity index is 1440. The number of amides is 2. The molecule has 0 aromatic heterocycles. The molecule has 1 saturated heterocycles. The minimum absolute atomic E-state index is 0.0116. The van der Waals surface area contributed by atoms with Gasteiger partial charge in [0.25, 0.3) is 0 Å². The lowest BCUT2D eigenvalue weighted by molar-refractivity contribution is -0.136. The van der Waals surface area contributed by atoms with Crippen LogP contribution >= 0.6 is 12.6 Å². The molecule has 0 spiro atoms. The van der Waals surface area contributed by atoms with E-state index in [9.17, 15) is 22.8 Å². The highest BCUT2D eigenvalue weighted by Gasteiger charge is 2.44. The SMILES string of the molecule is CN(CC(=O)Nc1cccc(C(=O)O)c1)C(=O)[C@@H]1C[C@@H](S)CN1S(=O)(=O)c1ccc2ccccc2c1. The summed E-state index contributed by atoms with van der Waals surface area (Å²) in [7, 11) is -2.58. The van der Waals surface area contributed by atoms with Crippen LogP contribution in [0.15, 0.2) is 71.6 Å². The van der Waals surface area contributed by atoms with Crippen LogP contribution in [-0.4, -0.2) is 71.9 Å². The number of carbonyl (C=O) groups excluding carboxylic acids is 2. The van der Waals surface area contributed by atoms with E-state index in [-0.39, 0.29) is 40.9 Å². The number of benzene rings is 3.